The van der Waals surface area contributed by atoms with Gasteiger partial charge in [-0.3, -0.25) is 0 Å². The van der Waals surface area contributed by atoms with Crippen molar-refractivity contribution < 1.29 is 4.74 Å². The largest absolute Gasteiger partial charge is 0.377 e. The third kappa shape index (κ3) is 3.60. The van der Waals surface area contributed by atoms with E-state index in [1.54, 1.807) is 7.11 Å². The van der Waals surface area contributed by atoms with Gasteiger partial charge in [0.15, 0.2) is 5.82 Å². The van der Waals surface area contributed by atoms with Crippen LogP contribution in [0.3, 0.4) is 0 Å². The highest BCUT2D eigenvalue weighted by atomic mass is 16.5. The quantitative estimate of drug-likeness (QED) is 0.831. The number of methoxy groups -OCH3 is 1. The number of aromatic nitrogens is 2. The Kier molecular flexibility index (Phi) is 5.59. The summed E-state index contributed by atoms with van der Waals surface area (Å²) in [5.41, 5.74) is 0. The fourth-order valence-corrected chi connectivity index (χ4v) is 2.92. The van der Waals surface area contributed by atoms with E-state index in [0.717, 1.165) is 30.5 Å². The van der Waals surface area contributed by atoms with Gasteiger partial charge < -0.3 is 15.0 Å². The summed E-state index contributed by atoms with van der Waals surface area (Å²) in [6.07, 6.45) is 5.20. The van der Waals surface area contributed by atoms with Gasteiger partial charge in [-0.05, 0) is 26.7 Å². The van der Waals surface area contributed by atoms with Gasteiger partial charge in [0, 0.05) is 32.3 Å². The first-order valence-electron chi connectivity index (χ1n) is 7.65. The molecule has 0 amide bonds. The zero-order chi connectivity index (χ0) is 14.4. The summed E-state index contributed by atoms with van der Waals surface area (Å²) in [6.45, 7) is 6.57. The molecule has 0 spiro atoms. The van der Waals surface area contributed by atoms with E-state index in [1.807, 2.05) is 0 Å². The fourth-order valence-electron chi connectivity index (χ4n) is 2.92. The first kappa shape index (κ1) is 15.0. The highest BCUT2D eigenvalue weighted by molar-refractivity contribution is 5.50. The Morgan fingerprint density at radius 3 is 2.65 bits per heavy atom. The van der Waals surface area contributed by atoms with E-state index in [-0.39, 0.29) is 0 Å². The van der Waals surface area contributed by atoms with E-state index < -0.39 is 0 Å². The molecule has 0 bridgehead atoms. The molecule has 1 aromatic rings. The average Bonchev–Trinajstić information content (AvgIpc) is 2.94. The van der Waals surface area contributed by atoms with Crippen molar-refractivity contribution in [3.63, 3.8) is 0 Å². The van der Waals surface area contributed by atoms with Crippen LogP contribution in [0, 0.1) is 0 Å². The lowest BCUT2D eigenvalue weighted by molar-refractivity contribution is 0.178. The molecular weight excluding hydrogens is 252 g/mol. The van der Waals surface area contributed by atoms with Crippen LogP contribution in [0.5, 0.6) is 0 Å². The lowest BCUT2D eigenvalue weighted by Crippen LogP contribution is -2.34. The summed E-state index contributed by atoms with van der Waals surface area (Å²) in [5, 5.41) is 3.28. The van der Waals surface area contributed by atoms with Gasteiger partial charge in [-0.1, -0.05) is 12.8 Å². The molecule has 0 radical (unpaired) electrons. The Hall–Kier alpha value is -1.36. The summed E-state index contributed by atoms with van der Waals surface area (Å²) in [7, 11) is 1.68. The van der Waals surface area contributed by atoms with E-state index in [9.17, 15) is 0 Å². The summed E-state index contributed by atoms with van der Waals surface area (Å²) in [5.74, 6) is 2.66. The molecule has 0 aromatic carbocycles. The monoisotopic (exact) mass is 278 g/mol. The van der Waals surface area contributed by atoms with Crippen LogP contribution in [0.4, 0.5) is 11.6 Å². The highest BCUT2D eigenvalue weighted by Gasteiger charge is 2.23. The van der Waals surface area contributed by atoms with Crippen molar-refractivity contribution in [2.45, 2.75) is 52.2 Å². The van der Waals surface area contributed by atoms with Gasteiger partial charge in [-0.15, -0.1) is 0 Å². The predicted octanol–water partition coefficient (Wildman–Crippen LogP) is 2.82. The van der Waals surface area contributed by atoms with Gasteiger partial charge in [0.25, 0.3) is 0 Å². The van der Waals surface area contributed by atoms with Gasteiger partial charge in [0.1, 0.15) is 18.2 Å². The molecule has 0 aliphatic heterocycles. The van der Waals surface area contributed by atoms with Crippen LogP contribution in [0.1, 0.15) is 45.4 Å². The van der Waals surface area contributed by atoms with E-state index in [1.165, 1.54) is 25.7 Å². The third-order valence-electron chi connectivity index (χ3n) is 3.79. The zero-order valence-electron chi connectivity index (χ0n) is 12.9. The van der Waals surface area contributed by atoms with Crippen molar-refractivity contribution in [2.24, 2.45) is 0 Å². The third-order valence-corrected chi connectivity index (χ3v) is 3.79. The van der Waals surface area contributed by atoms with Crippen molar-refractivity contribution in [2.75, 3.05) is 30.4 Å². The molecule has 0 atom stereocenters. The second kappa shape index (κ2) is 7.43. The number of ether oxygens (including phenoxy) is 1. The SMILES string of the molecule is CCNc1cc(N(CC)C2CCCC2)nc(COC)n1. The molecule has 1 heterocycles. The number of nitrogens with one attached hydrogen (secondary N) is 1. The number of nitrogens with zero attached hydrogens (tertiary/aromatic N) is 3. The van der Waals surface area contributed by atoms with Crippen LogP contribution in [-0.4, -0.2) is 36.2 Å². The minimum Gasteiger partial charge on any atom is -0.377 e. The Morgan fingerprint density at radius 1 is 1.30 bits per heavy atom. The minimum atomic E-state index is 0.453. The average molecular weight is 278 g/mol. The molecule has 5 nitrogen and oxygen atoms in total. The maximum absolute atomic E-state index is 5.18. The molecule has 0 unspecified atom stereocenters. The van der Waals surface area contributed by atoms with Crippen molar-refractivity contribution in [1.29, 1.82) is 0 Å². The van der Waals surface area contributed by atoms with Crippen LogP contribution < -0.4 is 10.2 Å². The Morgan fingerprint density at radius 2 is 2.05 bits per heavy atom. The molecule has 1 fully saturated rings. The van der Waals surface area contributed by atoms with Crippen molar-refractivity contribution in [3.8, 4) is 0 Å². The number of hydrogen-bond acceptors (Lipinski definition) is 5. The van der Waals surface area contributed by atoms with Crippen LogP contribution >= 0.6 is 0 Å². The summed E-state index contributed by atoms with van der Waals surface area (Å²) >= 11 is 0. The van der Waals surface area contributed by atoms with Gasteiger partial charge in [-0.25, -0.2) is 9.97 Å². The van der Waals surface area contributed by atoms with Crippen molar-refractivity contribution >= 4 is 11.6 Å². The zero-order valence-corrected chi connectivity index (χ0v) is 12.9. The first-order chi connectivity index (χ1) is 9.78. The molecule has 1 aliphatic rings. The Balaban J connectivity index is 2.26. The number of rotatable bonds is 7. The lowest BCUT2D eigenvalue weighted by Gasteiger charge is -2.29. The van der Waals surface area contributed by atoms with E-state index in [0.29, 0.717) is 12.6 Å². The maximum Gasteiger partial charge on any atom is 0.158 e. The van der Waals surface area contributed by atoms with Crippen LogP contribution in [0.15, 0.2) is 6.07 Å². The molecule has 2 rings (SSSR count). The summed E-state index contributed by atoms with van der Waals surface area (Å²) in [6, 6.07) is 2.68. The standard InChI is InChI=1S/C15H26N4O/c1-4-16-13-10-15(18-14(17-13)11-20-3)19(5-2)12-8-6-7-9-12/h10,12H,4-9,11H2,1-3H3,(H,16,17,18). The first-order valence-corrected chi connectivity index (χ1v) is 7.65. The van der Waals surface area contributed by atoms with E-state index in [2.05, 4.69) is 40.1 Å². The lowest BCUT2D eigenvalue weighted by atomic mass is 10.2. The minimum absolute atomic E-state index is 0.453. The molecule has 1 saturated carbocycles. The Bertz CT molecular complexity index is 394. The van der Waals surface area contributed by atoms with Crippen molar-refractivity contribution in [3.05, 3.63) is 11.9 Å². The molecule has 0 saturated heterocycles. The predicted molar refractivity (Wildman–Crippen MR) is 82.2 cm³/mol. The summed E-state index contributed by atoms with van der Waals surface area (Å²) < 4.78 is 5.18. The number of anilines is 2. The van der Waals surface area contributed by atoms with Crippen LogP contribution in [-0.2, 0) is 11.3 Å². The van der Waals surface area contributed by atoms with E-state index >= 15 is 0 Å². The van der Waals surface area contributed by atoms with Gasteiger partial charge in [0.2, 0.25) is 0 Å². The highest BCUT2D eigenvalue weighted by Crippen LogP contribution is 2.28. The van der Waals surface area contributed by atoms with Crippen molar-refractivity contribution in [1.82, 2.24) is 9.97 Å². The van der Waals surface area contributed by atoms with Gasteiger partial charge >= 0.3 is 0 Å². The van der Waals surface area contributed by atoms with Gasteiger partial charge in [-0.2, -0.15) is 0 Å². The summed E-state index contributed by atoms with van der Waals surface area (Å²) in [4.78, 5) is 11.6. The normalized spacial score (nSPS) is 15.6. The molecule has 1 N–H and O–H groups in total. The topological polar surface area (TPSA) is 50.3 Å². The Labute approximate surface area is 121 Å². The molecule has 112 valence electrons. The van der Waals surface area contributed by atoms with Crippen LogP contribution in [0.25, 0.3) is 0 Å². The molecular formula is C15H26N4O. The molecule has 5 heteroatoms. The van der Waals surface area contributed by atoms with Gasteiger partial charge in [0.05, 0.1) is 0 Å². The maximum atomic E-state index is 5.18. The van der Waals surface area contributed by atoms with Crippen LogP contribution in [0.2, 0.25) is 0 Å². The smallest absolute Gasteiger partial charge is 0.158 e. The second-order valence-electron chi connectivity index (χ2n) is 5.22. The molecule has 20 heavy (non-hydrogen) atoms. The molecule has 1 aliphatic carbocycles. The molecule has 1 aromatic heterocycles. The number of hydrogen-bond donors (Lipinski definition) is 1. The fraction of sp³-hybridized carbons (Fsp3) is 0.733. The second-order valence-corrected chi connectivity index (χ2v) is 5.22. The van der Waals surface area contributed by atoms with E-state index in [4.69, 9.17) is 4.74 Å².